The lowest BCUT2D eigenvalue weighted by atomic mass is 9.88. The Bertz CT molecular complexity index is 790. The third kappa shape index (κ3) is 1.72. The highest BCUT2D eigenvalue weighted by atomic mass is 16.1. The van der Waals surface area contributed by atoms with E-state index in [-0.39, 0.29) is 0 Å². The first-order chi connectivity index (χ1) is 9.35. The molecule has 4 heteroatoms. The zero-order valence-electron chi connectivity index (χ0n) is 9.83. The summed E-state index contributed by atoms with van der Waals surface area (Å²) < 4.78 is 0. The monoisotopic (exact) mass is 248 g/mol. The fraction of sp³-hybridized carbons (Fsp3) is 0.0667. The van der Waals surface area contributed by atoms with Crippen molar-refractivity contribution >= 4 is 29.0 Å². The van der Waals surface area contributed by atoms with Gasteiger partial charge in [-0.15, -0.1) is 0 Å². The second kappa shape index (κ2) is 4.46. The van der Waals surface area contributed by atoms with Gasteiger partial charge in [-0.3, -0.25) is 0 Å². The molecule has 1 unspecified atom stereocenters. The van der Waals surface area contributed by atoms with Crippen LogP contribution in [0.5, 0.6) is 0 Å². The van der Waals surface area contributed by atoms with E-state index in [1.54, 1.807) is 12.2 Å². The van der Waals surface area contributed by atoms with Crippen molar-refractivity contribution in [3.63, 3.8) is 0 Å². The van der Waals surface area contributed by atoms with Gasteiger partial charge in [0.2, 0.25) is 12.2 Å². The van der Waals surface area contributed by atoms with Gasteiger partial charge in [-0.2, -0.15) is 9.98 Å². The number of isocyanates is 2. The maximum absolute atomic E-state index is 10.6. The van der Waals surface area contributed by atoms with E-state index >= 15 is 0 Å². The van der Waals surface area contributed by atoms with Crippen LogP contribution in [-0.2, 0) is 9.59 Å². The first-order valence-corrected chi connectivity index (χ1v) is 5.73. The standard InChI is InChI=1S/C15H8N2O2/c18-8-16-13-7-11-5-1-3-10-4-2-6-12(14(10)11)15(13)17-9-19/h1-7,15H. The molecular weight excluding hydrogens is 240 g/mol. The lowest BCUT2D eigenvalue weighted by Gasteiger charge is -2.20. The minimum atomic E-state index is -0.586. The summed E-state index contributed by atoms with van der Waals surface area (Å²) >= 11 is 0. The number of carbonyl (C=O) groups excluding carboxylic acids is 2. The van der Waals surface area contributed by atoms with Crippen LogP contribution in [0.2, 0.25) is 0 Å². The van der Waals surface area contributed by atoms with Crippen molar-refractivity contribution in [3.05, 3.63) is 53.2 Å². The van der Waals surface area contributed by atoms with E-state index < -0.39 is 6.04 Å². The van der Waals surface area contributed by atoms with Gasteiger partial charge < -0.3 is 0 Å². The summed E-state index contributed by atoms with van der Waals surface area (Å²) in [6.45, 7) is 0. The fourth-order valence-electron chi connectivity index (χ4n) is 2.48. The van der Waals surface area contributed by atoms with E-state index in [0.717, 1.165) is 21.9 Å². The molecule has 1 atom stereocenters. The van der Waals surface area contributed by atoms with Crippen LogP contribution in [0.15, 0.2) is 52.1 Å². The molecule has 0 spiro atoms. The van der Waals surface area contributed by atoms with E-state index in [1.807, 2.05) is 36.4 Å². The fourth-order valence-corrected chi connectivity index (χ4v) is 2.48. The Labute approximate surface area is 108 Å². The summed E-state index contributed by atoms with van der Waals surface area (Å²) in [5, 5.41) is 2.09. The second-order valence-corrected chi connectivity index (χ2v) is 4.19. The average Bonchev–Trinajstić information content (AvgIpc) is 2.43. The molecule has 2 aromatic rings. The van der Waals surface area contributed by atoms with Gasteiger partial charge in [0.1, 0.15) is 6.04 Å². The second-order valence-electron chi connectivity index (χ2n) is 4.19. The number of rotatable bonds is 2. The van der Waals surface area contributed by atoms with E-state index in [4.69, 9.17) is 0 Å². The zero-order chi connectivity index (χ0) is 13.2. The topological polar surface area (TPSA) is 58.9 Å². The molecule has 0 amide bonds. The molecule has 0 aromatic heterocycles. The Morgan fingerprint density at radius 3 is 2.53 bits per heavy atom. The average molecular weight is 248 g/mol. The summed E-state index contributed by atoms with van der Waals surface area (Å²) in [5.74, 6) is 0. The van der Waals surface area contributed by atoms with E-state index in [2.05, 4.69) is 9.98 Å². The Hall–Kier alpha value is -2.80. The molecule has 0 aliphatic heterocycles. The van der Waals surface area contributed by atoms with Crippen LogP contribution in [0.1, 0.15) is 17.2 Å². The van der Waals surface area contributed by atoms with E-state index in [9.17, 15) is 9.59 Å². The maximum Gasteiger partial charge on any atom is 0.240 e. The van der Waals surface area contributed by atoms with E-state index in [0.29, 0.717) is 5.70 Å². The lowest BCUT2D eigenvalue weighted by Crippen LogP contribution is -2.04. The van der Waals surface area contributed by atoms with Crippen molar-refractivity contribution < 1.29 is 9.59 Å². The first kappa shape index (κ1) is 11.3. The summed E-state index contributed by atoms with van der Waals surface area (Å²) in [5.41, 5.74) is 2.22. The smallest absolute Gasteiger partial charge is 0.211 e. The predicted molar refractivity (Wildman–Crippen MR) is 70.9 cm³/mol. The van der Waals surface area contributed by atoms with Crippen LogP contribution >= 0.6 is 0 Å². The number of aliphatic imine (C=N–C) groups is 2. The third-order valence-corrected chi connectivity index (χ3v) is 3.20. The van der Waals surface area contributed by atoms with Gasteiger partial charge in [0.05, 0.1) is 5.70 Å². The van der Waals surface area contributed by atoms with Crippen LogP contribution in [0.3, 0.4) is 0 Å². The summed E-state index contributed by atoms with van der Waals surface area (Å²) in [6, 6.07) is 11.0. The molecule has 0 fully saturated rings. The minimum Gasteiger partial charge on any atom is -0.211 e. The molecule has 1 aliphatic rings. The number of hydrogen-bond donors (Lipinski definition) is 0. The molecule has 0 bridgehead atoms. The van der Waals surface area contributed by atoms with Crippen molar-refractivity contribution in [2.24, 2.45) is 9.98 Å². The normalized spacial score (nSPS) is 16.2. The van der Waals surface area contributed by atoms with Crippen molar-refractivity contribution in [1.29, 1.82) is 0 Å². The Morgan fingerprint density at radius 1 is 1.00 bits per heavy atom. The molecule has 0 N–H and O–H groups in total. The molecular formula is C15H8N2O2. The molecule has 1 aliphatic carbocycles. The molecule has 4 nitrogen and oxygen atoms in total. The predicted octanol–water partition coefficient (Wildman–Crippen LogP) is 2.91. The highest BCUT2D eigenvalue weighted by Crippen LogP contribution is 2.39. The molecule has 3 rings (SSSR count). The molecule has 0 saturated carbocycles. The van der Waals surface area contributed by atoms with Crippen molar-refractivity contribution in [1.82, 2.24) is 0 Å². The Balaban J connectivity index is 2.40. The first-order valence-electron chi connectivity index (χ1n) is 5.73. The van der Waals surface area contributed by atoms with Gasteiger partial charge in [0.15, 0.2) is 0 Å². The molecule has 0 saturated heterocycles. The SMILES string of the molecule is O=C=NC1=Cc2cccc3cccc(c23)C1N=C=O. The molecule has 90 valence electrons. The maximum atomic E-state index is 10.6. The third-order valence-electron chi connectivity index (χ3n) is 3.20. The van der Waals surface area contributed by atoms with Gasteiger partial charge in [-0.1, -0.05) is 36.4 Å². The zero-order valence-corrected chi connectivity index (χ0v) is 9.83. The quantitative estimate of drug-likeness (QED) is 0.606. The number of nitrogens with zero attached hydrogens (tertiary/aromatic N) is 2. The van der Waals surface area contributed by atoms with Crippen LogP contribution in [-0.4, -0.2) is 12.2 Å². The van der Waals surface area contributed by atoms with Crippen molar-refractivity contribution in [3.8, 4) is 0 Å². The minimum absolute atomic E-state index is 0.407. The summed E-state index contributed by atoms with van der Waals surface area (Å²) in [7, 11) is 0. The summed E-state index contributed by atoms with van der Waals surface area (Å²) in [6.07, 6.45) is 4.81. The van der Waals surface area contributed by atoms with Gasteiger partial charge in [-0.25, -0.2) is 9.59 Å². The Morgan fingerprint density at radius 2 is 1.79 bits per heavy atom. The summed E-state index contributed by atoms with van der Waals surface area (Å²) in [4.78, 5) is 28.5. The van der Waals surface area contributed by atoms with Crippen LogP contribution in [0.4, 0.5) is 0 Å². The molecule has 19 heavy (non-hydrogen) atoms. The Kier molecular flexibility index (Phi) is 2.66. The van der Waals surface area contributed by atoms with Gasteiger partial charge in [0, 0.05) is 0 Å². The molecule has 0 heterocycles. The van der Waals surface area contributed by atoms with Crippen LogP contribution in [0, 0.1) is 0 Å². The molecule has 2 aromatic carbocycles. The largest absolute Gasteiger partial charge is 0.240 e. The van der Waals surface area contributed by atoms with Crippen molar-refractivity contribution in [2.75, 3.05) is 0 Å². The lowest BCUT2D eigenvalue weighted by molar-refractivity contribution is 0.558. The van der Waals surface area contributed by atoms with Gasteiger partial charge >= 0.3 is 0 Å². The van der Waals surface area contributed by atoms with Crippen molar-refractivity contribution in [2.45, 2.75) is 6.04 Å². The van der Waals surface area contributed by atoms with E-state index in [1.165, 1.54) is 6.08 Å². The van der Waals surface area contributed by atoms with Crippen LogP contribution < -0.4 is 0 Å². The van der Waals surface area contributed by atoms with Gasteiger partial charge in [0.25, 0.3) is 0 Å². The number of benzene rings is 2. The van der Waals surface area contributed by atoms with Crippen LogP contribution in [0.25, 0.3) is 16.8 Å². The highest BCUT2D eigenvalue weighted by Gasteiger charge is 2.23. The molecule has 0 radical (unpaired) electrons. The number of hydrogen-bond acceptors (Lipinski definition) is 4. The van der Waals surface area contributed by atoms with Gasteiger partial charge in [-0.05, 0) is 28.0 Å². The highest BCUT2D eigenvalue weighted by molar-refractivity contribution is 5.96.